The Bertz CT molecular complexity index is 505. The first-order valence-electron chi connectivity index (χ1n) is 4.73. The second-order valence-electron chi connectivity index (χ2n) is 3.00. The van der Waals surface area contributed by atoms with Gasteiger partial charge in [0, 0.05) is 6.20 Å². The Morgan fingerprint density at radius 3 is 3.00 bits per heavy atom. The summed E-state index contributed by atoms with van der Waals surface area (Å²) < 4.78 is 6.37. The van der Waals surface area contributed by atoms with Gasteiger partial charge in [-0.3, -0.25) is 0 Å². The third-order valence-corrected chi connectivity index (χ3v) is 2.63. The van der Waals surface area contributed by atoms with Crippen LogP contribution in [0.3, 0.4) is 0 Å². The molecule has 2 rings (SSSR count). The Morgan fingerprint density at radius 1 is 1.56 bits per heavy atom. The Labute approximate surface area is 95.9 Å². The van der Waals surface area contributed by atoms with Crippen molar-refractivity contribution in [2.75, 3.05) is 6.61 Å². The molecule has 2 heterocycles. The molecule has 0 N–H and O–H groups in total. The van der Waals surface area contributed by atoms with E-state index < -0.39 is 0 Å². The topological polar surface area (TPSA) is 69.9 Å². The fourth-order valence-corrected chi connectivity index (χ4v) is 1.75. The molecule has 0 aliphatic carbocycles. The van der Waals surface area contributed by atoms with Crippen molar-refractivity contribution in [3.05, 3.63) is 23.0 Å². The lowest BCUT2D eigenvalue weighted by molar-refractivity contribution is 0.0526. The number of ether oxygens (including phenoxy) is 1. The summed E-state index contributed by atoms with van der Waals surface area (Å²) in [6, 6.07) is 0. The van der Waals surface area contributed by atoms with Crippen LogP contribution in [0.1, 0.15) is 22.3 Å². The summed E-state index contributed by atoms with van der Waals surface area (Å²) in [5.74, 6) is -0.380. The SMILES string of the molecule is CCOC(=O)c1cnn(-c2nnc(C)s2)c1. The zero-order valence-corrected chi connectivity index (χ0v) is 9.69. The molecule has 0 aliphatic rings. The normalized spacial score (nSPS) is 10.4. The van der Waals surface area contributed by atoms with E-state index in [2.05, 4.69) is 15.3 Å². The lowest BCUT2D eigenvalue weighted by Crippen LogP contribution is -2.03. The van der Waals surface area contributed by atoms with Gasteiger partial charge < -0.3 is 4.74 Å². The van der Waals surface area contributed by atoms with Crippen LogP contribution in [0.15, 0.2) is 12.4 Å². The molecule has 6 nitrogen and oxygen atoms in total. The maximum absolute atomic E-state index is 11.4. The van der Waals surface area contributed by atoms with Crippen LogP contribution in [-0.2, 0) is 4.74 Å². The van der Waals surface area contributed by atoms with Gasteiger partial charge in [-0.15, -0.1) is 10.2 Å². The minimum atomic E-state index is -0.380. The summed E-state index contributed by atoms with van der Waals surface area (Å²) >= 11 is 1.41. The highest BCUT2D eigenvalue weighted by molar-refractivity contribution is 7.13. The van der Waals surface area contributed by atoms with Gasteiger partial charge in [-0.2, -0.15) is 5.10 Å². The molecular formula is C9H10N4O2S. The number of hydrogen-bond donors (Lipinski definition) is 0. The quantitative estimate of drug-likeness (QED) is 0.752. The summed E-state index contributed by atoms with van der Waals surface area (Å²) in [6.45, 7) is 3.97. The molecule has 0 unspecified atom stereocenters. The monoisotopic (exact) mass is 238 g/mol. The van der Waals surface area contributed by atoms with Gasteiger partial charge in [0.2, 0.25) is 5.13 Å². The molecule has 2 aromatic heterocycles. The van der Waals surface area contributed by atoms with Crippen LogP contribution in [0.2, 0.25) is 0 Å². The number of hydrogen-bond acceptors (Lipinski definition) is 6. The van der Waals surface area contributed by atoms with Crippen molar-refractivity contribution in [2.45, 2.75) is 13.8 Å². The molecule has 0 aliphatic heterocycles. The third-order valence-electron chi connectivity index (χ3n) is 1.81. The molecule has 0 bridgehead atoms. The Hall–Kier alpha value is -1.76. The Balaban J connectivity index is 2.22. The fraction of sp³-hybridized carbons (Fsp3) is 0.333. The van der Waals surface area contributed by atoms with E-state index in [4.69, 9.17) is 4.74 Å². The van der Waals surface area contributed by atoms with Crippen molar-refractivity contribution in [1.82, 2.24) is 20.0 Å². The summed E-state index contributed by atoms with van der Waals surface area (Å²) in [4.78, 5) is 11.4. The Morgan fingerprint density at radius 2 is 2.38 bits per heavy atom. The summed E-state index contributed by atoms with van der Waals surface area (Å²) in [5.41, 5.74) is 0.412. The van der Waals surface area contributed by atoms with Crippen molar-refractivity contribution in [3.8, 4) is 5.13 Å². The van der Waals surface area contributed by atoms with E-state index in [1.54, 1.807) is 13.1 Å². The summed E-state index contributed by atoms with van der Waals surface area (Å²) in [5, 5.41) is 13.3. The Kier molecular flexibility index (Phi) is 2.95. The molecule has 0 saturated heterocycles. The van der Waals surface area contributed by atoms with E-state index in [0.29, 0.717) is 17.3 Å². The van der Waals surface area contributed by atoms with Crippen molar-refractivity contribution in [2.24, 2.45) is 0 Å². The maximum Gasteiger partial charge on any atom is 0.341 e. The van der Waals surface area contributed by atoms with E-state index >= 15 is 0 Å². The minimum Gasteiger partial charge on any atom is -0.462 e. The van der Waals surface area contributed by atoms with Crippen LogP contribution in [0, 0.1) is 6.92 Å². The first kappa shape index (κ1) is 10.7. The number of esters is 1. The van der Waals surface area contributed by atoms with Gasteiger partial charge in [0.1, 0.15) is 5.01 Å². The molecule has 0 radical (unpaired) electrons. The predicted molar refractivity (Wildman–Crippen MR) is 57.7 cm³/mol. The average Bonchev–Trinajstić information content (AvgIpc) is 2.85. The molecule has 7 heteroatoms. The second-order valence-corrected chi connectivity index (χ2v) is 4.16. The summed E-state index contributed by atoms with van der Waals surface area (Å²) in [7, 11) is 0. The van der Waals surface area contributed by atoms with Gasteiger partial charge in [-0.05, 0) is 13.8 Å². The standard InChI is InChI=1S/C9H10N4O2S/c1-3-15-8(14)7-4-10-13(5-7)9-12-11-6(2)16-9/h4-5H,3H2,1-2H3. The number of rotatable bonds is 3. The van der Waals surface area contributed by atoms with Gasteiger partial charge in [0.15, 0.2) is 0 Å². The lowest BCUT2D eigenvalue weighted by Gasteiger charge is -1.96. The zero-order chi connectivity index (χ0) is 11.5. The van der Waals surface area contributed by atoms with Crippen LogP contribution in [0.5, 0.6) is 0 Å². The molecule has 0 atom stereocenters. The van der Waals surface area contributed by atoms with Gasteiger partial charge in [0.05, 0.1) is 18.4 Å². The highest BCUT2D eigenvalue weighted by Gasteiger charge is 2.11. The number of carbonyl (C=O) groups is 1. The molecule has 2 aromatic rings. The van der Waals surface area contributed by atoms with E-state index in [-0.39, 0.29) is 5.97 Å². The van der Waals surface area contributed by atoms with Gasteiger partial charge in [-0.1, -0.05) is 11.3 Å². The molecule has 0 amide bonds. The first-order chi connectivity index (χ1) is 7.70. The highest BCUT2D eigenvalue weighted by Crippen LogP contribution is 2.13. The highest BCUT2D eigenvalue weighted by atomic mass is 32.1. The molecule has 0 aromatic carbocycles. The van der Waals surface area contributed by atoms with Crippen molar-refractivity contribution in [1.29, 1.82) is 0 Å². The average molecular weight is 238 g/mol. The third kappa shape index (κ3) is 2.08. The van der Waals surface area contributed by atoms with E-state index in [1.165, 1.54) is 22.2 Å². The van der Waals surface area contributed by atoms with Crippen LogP contribution < -0.4 is 0 Å². The zero-order valence-electron chi connectivity index (χ0n) is 8.88. The largest absolute Gasteiger partial charge is 0.462 e. The second kappa shape index (κ2) is 4.40. The number of aryl methyl sites for hydroxylation is 1. The molecule has 0 saturated carbocycles. The van der Waals surface area contributed by atoms with Gasteiger partial charge in [-0.25, -0.2) is 9.48 Å². The molecule has 0 spiro atoms. The number of nitrogens with zero attached hydrogens (tertiary/aromatic N) is 4. The van der Waals surface area contributed by atoms with E-state index in [9.17, 15) is 4.79 Å². The molecular weight excluding hydrogens is 228 g/mol. The molecule has 16 heavy (non-hydrogen) atoms. The fourth-order valence-electron chi connectivity index (χ4n) is 1.13. The van der Waals surface area contributed by atoms with Gasteiger partial charge >= 0.3 is 5.97 Å². The van der Waals surface area contributed by atoms with Crippen LogP contribution >= 0.6 is 11.3 Å². The predicted octanol–water partition coefficient (Wildman–Crippen LogP) is 1.21. The van der Waals surface area contributed by atoms with E-state index in [1.807, 2.05) is 6.92 Å². The molecule has 0 fully saturated rings. The maximum atomic E-state index is 11.4. The van der Waals surface area contributed by atoms with Crippen molar-refractivity contribution < 1.29 is 9.53 Å². The minimum absolute atomic E-state index is 0.349. The van der Waals surface area contributed by atoms with Gasteiger partial charge in [0.25, 0.3) is 0 Å². The summed E-state index contributed by atoms with van der Waals surface area (Å²) in [6.07, 6.45) is 3.03. The lowest BCUT2D eigenvalue weighted by atomic mass is 10.4. The van der Waals surface area contributed by atoms with Crippen LogP contribution in [0.4, 0.5) is 0 Å². The number of aromatic nitrogens is 4. The number of carbonyl (C=O) groups excluding carboxylic acids is 1. The smallest absolute Gasteiger partial charge is 0.341 e. The van der Waals surface area contributed by atoms with Crippen molar-refractivity contribution in [3.63, 3.8) is 0 Å². The van der Waals surface area contributed by atoms with Crippen LogP contribution in [-0.4, -0.2) is 32.6 Å². The van der Waals surface area contributed by atoms with Crippen molar-refractivity contribution >= 4 is 17.3 Å². The van der Waals surface area contributed by atoms with Crippen LogP contribution in [0.25, 0.3) is 5.13 Å². The molecule has 84 valence electrons. The van der Waals surface area contributed by atoms with E-state index in [0.717, 1.165) is 5.01 Å². The first-order valence-corrected chi connectivity index (χ1v) is 5.54.